The SMILES string of the molecule is CN1/C(=C\N=C2C(=O)c3cccnc3-c3ncccc32)C(C)(C)c2cc(Br)ccc21. The molecule has 0 radical (unpaired) electrons. The van der Waals surface area contributed by atoms with E-state index in [1.54, 1.807) is 24.5 Å². The van der Waals surface area contributed by atoms with Gasteiger partial charge in [-0.15, -0.1) is 0 Å². The summed E-state index contributed by atoms with van der Waals surface area (Å²) in [5.41, 5.74) is 6.09. The minimum absolute atomic E-state index is 0.130. The molecule has 0 saturated carbocycles. The van der Waals surface area contributed by atoms with Gasteiger partial charge in [-0.3, -0.25) is 19.8 Å². The fourth-order valence-electron chi connectivity index (χ4n) is 4.30. The number of allylic oxidation sites excluding steroid dienone is 1. The summed E-state index contributed by atoms with van der Waals surface area (Å²) in [6.07, 6.45) is 5.21. The molecule has 0 unspecified atom stereocenters. The van der Waals surface area contributed by atoms with Gasteiger partial charge in [-0.05, 0) is 48.0 Å². The van der Waals surface area contributed by atoms with Crippen LogP contribution in [0.3, 0.4) is 0 Å². The average molecular weight is 459 g/mol. The molecule has 1 aliphatic carbocycles. The second-order valence-electron chi connectivity index (χ2n) is 7.97. The fraction of sp³-hybridized carbons (Fsp3) is 0.167. The van der Waals surface area contributed by atoms with Crippen molar-refractivity contribution in [2.75, 3.05) is 11.9 Å². The fourth-order valence-corrected chi connectivity index (χ4v) is 4.66. The average Bonchev–Trinajstić information content (AvgIpc) is 2.93. The van der Waals surface area contributed by atoms with Gasteiger partial charge in [0.25, 0.3) is 0 Å². The number of likely N-dealkylation sites (N-methyl/N-ethyl adjacent to an activating group) is 1. The first kappa shape index (κ1) is 18.9. The van der Waals surface area contributed by atoms with Crippen molar-refractivity contribution in [1.82, 2.24) is 9.97 Å². The van der Waals surface area contributed by atoms with E-state index in [0.29, 0.717) is 28.2 Å². The van der Waals surface area contributed by atoms with E-state index in [1.165, 1.54) is 5.56 Å². The largest absolute Gasteiger partial charge is 0.346 e. The van der Waals surface area contributed by atoms with Crippen molar-refractivity contribution in [1.29, 1.82) is 0 Å². The molecule has 3 aromatic rings. The Kier molecular flexibility index (Phi) is 4.22. The second-order valence-corrected chi connectivity index (χ2v) is 8.88. The molecule has 1 aliphatic heterocycles. The number of aromatic nitrogens is 2. The topological polar surface area (TPSA) is 58.5 Å². The number of carbonyl (C=O) groups is 1. The molecule has 0 saturated heterocycles. The minimum Gasteiger partial charge on any atom is -0.346 e. The third kappa shape index (κ3) is 2.67. The van der Waals surface area contributed by atoms with E-state index in [0.717, 1.165) is 15.9 Å². The van der Waals surface area contributed by atoms with Gasteiger partial charge in [0.2, 0.25) is 5.78 Å². The molecule has 0 spiro atoms. The number of pyridine rings is 2. The Morgan fingerprint density at radius 1 is 1.03 bits per heavy atom. The number of nitrogens with zero attached hydrogens (tertiary/aromatic N) is 4. The lowest BCUT2D eigenvalue weighted by molar-refractivity contribution is 0.106. The maximum atomic E-state index is 13.2. The van der Waals surface area contributed by atoms with Crippen molar-refractivity contribution in [2.24, 2.45) is 4.99 Å². The summed E-state index contributed by atoms with van der Waals surface area (Å²) < 4.78 is 1.04. The zero-order valence-electron chi connectivity index (χ0n) is 16.8. The van der Waals surface area contributed by atoms with E-state index in [1.807, 2.05) is 31.4 Å². The van der Waals surface area contributed by atoms with E-state index in [4.69, 9.17) is 4.99 Å². The van der Waals surface area contributed by atoms with Crippen LogP contribution >= 0.6 is 15.9 Å². The highest BCUT2D eigenvalue weighted by molar-refractivity contribution is 9.10. The van der Waals surface area contributed by atoms with E-state index in [9.17, 15) is 4.79 Å². The summed E-state index contributed by atoms with van der Waals surface area (Å²) in [7, 11) is 2.03. The van der Waals surface area contributed by atoms with Crippen molar-refractivity contribution in [3.63, 3.8) is 0 Å². The van der Waals surface area contributed by atoms with E-state index >= 15 is 0 Å². The normalized spacial score (nSPS) is 19.1. The van der Waals surface area contributed by atoms with Crippen molar-refractivity contribution >= 4 is 33.1 Å². The Hall–Kier alpha value is -3.12. The number of rotatable bonds is 1. The van der Waals surface area contributed by atoms with E-state index in [-0.39, 0.29) is 11.2 Å². The highest BCUT2D eigenvalue weighted by Gasteiger charge is 2.39. The van der Waals surface area contributed by atoms with Crippen LogP contribution in [0.4, 0.5) is 5.69 Å². The minimum atomic E-state index is -0.243. The highest BCUT2D eigenvalue weighted by atomic mass is 79.9. The molecule has 0 N–H and O–H groups in total. The van der Waals surface area contributed by atoms with Gasteiger partial charge in [0, 0.05) is 52.5 Å². The molecule has 5 rings (SSSR count). The van der Waals surface area contributed by atoms with Gasteiger partial charge in [-0.2, -0.15) is 0 Å². The predicted molar refractivity (Wildman–Crippen MR) is 122 cm³/mol. The number of halogens is 1. The lowest BCUT2D eigenvalue weighted by Crippen LogP contribution is -2.25. The van der Waals surface area contributed by atoms with Crippen LogP contribution in [0.2, 0.25) is 0 Å². The molecule has 30 heavy (non-hydrogen) atoms. The first-order valence-corrected chi connectivity index (χ1v) is 10.5. The van der Waals surface area contributed by atoms with Crippen LogP contribution in [0.15, 0.2) is 76.2 Å². The van der Waals surface area contributed by atoms with Gasteiger partial charge in [-0.25, -0.2) is 0 Å². The monoisotopic (exact) mass is 458 g/mol. The molecule has 0 bridgehead atoms. The third-order valence-corrected chi connectivity index (χ3v) is 6.36. The number of fused-ring (bicyclic) bond motifs is 4. The summed E-state index contributed by atoms with van der Waals surface area (Å²) in [5, 5.41) is 0. The summed E-state index contributed by atoms with van der Waals surface area (Å²) >= 11 is 3.58. The third-order valence-electron chi connectivity index (χ3n) is 5.87. The van der Waals surface area contributed by atoms with Gasteiger partial charge < -0.3 is 4.90 Å². The molecule has 5 nitrogen and oxygen atoms in total. The Bertz CT molecular complexity index is 1280. The Morgan fingerprint density at radius 3 is 2.43 bits per heavy atom. The van der Waals surface area contributed by atoms with Crippen LogP contribution in [-0.2, 0) is 5.41 Å². The molecule has 2 aromatic heterocycles. The number of ketones is 1. The quantitative estimate of drug-likeness (QED) is 0.505. The molecule has 0 amide bonds. The second kappa shape index (κ2) is 6.71. The van der Waals surface area contributed by atoms with Crippen LogP contribution in [-0.4, -0.2) is 28.5 Å². The van der Waals surface area contributed by atoms with Crippen LogP contribution in [0.25, 0.3) is 11.4 Å². The number of hydrogen-bond donors (Lipinski definition) is 0. The van der Waals surface area contributed by atoms with E-state index in [2.05, 4.69) is 56.8 Å². The summed E-state index contributed by atoms with van der Waals surface area (Å²) in [4.78, 5) is 29.0. The molecular formula is C24H19BrN4O. The van der Waals surface area contributed by atoms with Crippen LogP contribution in [0.5, 0.6) is 0 Å². The molecule has 0 atom stereocenters. The van der Waals surface area contributed by atoms with Gasteiger partial charge >= 0.3 is 0 Å². The summed E-state index contributed by atoms with van der Waals surface area (Å²) in [6, 6.07) is 13.5. The highest BCUT2D eigenvalue weighted by Crippen LogP contribution is 2.47. The molecule has 3 heterocycles. The zero-order chi connectivity index (χ0) is 21.0. The number of aliphatic imine (C=N–C) groups is 1. The molecule has 1 aromatic carbocycles. The molecule has 148 valence electrons. The Morgan fingerprint density at radius 2 is 1.70 bits per heavy atom. The lowest BCUT2D eigenvalue weighted by Gasteiger charge is -2.23. The number of carbonyl (C=O) groups excluding carboxylic acids is 1. The van der Waals surface area contributed by atoms with Crippen LogP contribution < -0.4 is 4.90 Å². The number of anilines is 1. The maximum absolute atomic E-state index is 13.2. The van der Waals surface area contributed by atoms with Crippen LogP contribution in [0.1, 0.15) is 35.3 Å². The van der Waals surface area contributed by atoms with Crippen molar-refractivity contribution < 1.29 is 4.79 Å². The molecule has 2 aliphatic rings. The number of hydrogen-bond acceptors (Lipinski definition) is 5. The zero-order valence-corrected chi connectivity index (χ0v) is 18.4. The number of benzene rings is 1. The smallest absolute Gasteiger partial charge is 0.214 e. The summed E-state index contributed by atoms with van der Waals surface area (Å²) in [5.74, 6) is -0.130. The van der Waals surface area contributed by atoms with Crippen molar-refractivity contribution in [2.45, 2.75) is 19.3 Å². The Labute approximate surface area is 183 Å². The predicted octanol–water partition coefficient (Wildman–Crippen LogP) is 5.16. The maximum Gasteiger partial charge on any atom is 0.214 e. The van der Waals surface area contributed by atoms with Crippen molar-refractivity contribution in [3.05, 3.63) is 87.9 Å². The standard InChI is InChI=1S/C24H19BrN4O/c1-24(2)17-12-14(25)8-9-18(17)29(3)19(24)13-28-22-15-6-4-10-26-20(15)21-16(23(22)30)7-5-11-27-21/h4-13H,1-3H3/b19-13-,28-22?. The van der Waals surface area contributed by atoms with Gasteiger partial charge in [-0.1, -0.05) is 29.8 Å². The van der Waals surface area contributed by atoms with Crippen molar-refractivity contribution in [3.8, 4) is 11.4 Å². The van der Waals surface area contributed by atoms with Crippen LogP contribution in [0, 0.1) is 0 Å². The summed E-state index contributed by atoms with van der Waals surface area (Å²) in [6.45, 7) is 4.34. The molecular weight excluding hydrogens is 440 g/mol. The molecule has 6 heteroatoms. The number of Topliss-reactive ketones (excluding diaryl/α,β-unsaturated/α-hetero) is 1. The van der Waals surface area contributed by atoms with Gasteiger partial charge in [0.1, 0.15) is 11.4 Å². The van der Waals surface area contributed by atoms with Gasteiger partial charge in [0.05, 0.1) is 11.3 Å². The lowest BCUT2D eigenvalue weighted by atomic mass is 9.84. The van der Waals surface area contributed by atoms with Gasteiger partial charge in [0.15, 0.2) is 0 Å². The van der Waals surface area contributed by atoms with E-state index < -0.39 is 0 Å². The first-order chi connectivity index (χ1) is 14.4. The Balaban J connectivity index is 1.66. The first-order valence-electron chi connectivity index (χ1n) is 9.67. The molecule has 0 fully saturated rings.